The van der Waals surface area contributed by atoms with Gasteiger partial charge in [0.05, 0.1) is 17.2 Å². The van der Waals surface area contributed by atoms with Gasteiger partial charge in [-0.3, -0.25) is 0 Å². The minimum absolute atomic E-state index is 0.121. The SMILES string of the molecule is CN1CCCC[C@H]1C(O)c1cc(C(F)(F)F)nc2c(C(F)(F)F)cccc12. The molecule has 1 aliphatic heterocycles. The second-order valence-corrected chi connectivity index (χ2v) is 6.78. The van der Waals surface area contributed by atoms with E-state index in [1.807, 2.05) is 4.90 Å². The monoisotopic (exact) mass is 392 g/mol. The number of fused-ring (bicyclic) bond motifs is 1. The summed E-state index contributed by atoms with van der Waals surface area (Å²) in [6, 6.07) is 3.26. The van der Waals surface area contributed by atoms with Crippen LogP contribution in [0.15, 0.2) is 24.3 Å². The quantitative estimate of drug-likeness (QED) is 0.747. The summed E-state index contributed by atoms with van der Waals surface area (Å²) in [4.78, 5) is 5.07. The predicted octanol–water partition coefficient (Wildman–Crippen LogP) is 4.79. The molecule has 0 spiro atoms. The van der Waals surface area contributed by atoms with Gasteiger partial charge in [0.25, 0.3) is 0 Å². The Hall–Kier alpha value is -1.87. The minimum Gasteiger partial charge on any atom is -0.387 e. The molecule has 1 unspecified atom stereocenters. The zero-order valence-electron chi connectivity index (χ0n) is 14.4. The van der Waals surface area contributed by atoms with Crippen LogP contribution < -0.4 is 0 Å². The zero-order valence-corrected chi connectivity index (χ0v) is 14.4. The third kappa shape index (κ3) is 3.89. The molecule has 1 saturated heterocycles. The largest absolute Gasteiger partial charge is 0.433 e. The summed E-state index contributed by atoms with van der Waals surface area (Å²) in [6.45, 7) is 0.657. The molecule has 0 radical (unpaired) electrons. The maximum Gasteiger partial charge on any atom is 0.433 e. The molecule has 3 rings (SSSR count). The Kier molecular flexibility index (Phi) is 5.11. The predicted molar refractivity (Wildman–Crippen MR) is 87.0 cm³/mol. The first-order valence-corrected chi connectivity index (χ1v) is 8.46. The number of halogens is 6. The van der Waals surface area contributed by atoms with Crippen LogP contribution in [0, 0.1) is 0 Å². The van der Waals surface area contributed by atoms with Gasteiger partial charge in [0.1, 0.15) is 5.69 Å². The number of alkyl halides is 6. The Balaban J connectivity index is 2.24. The molecular weight excluding hydrogens is 374 g/mol. The van der Waals surface area contributed by atoms with Crippen LogP contribution in [-0.2, 0) is 12.4 Å². The molecule has 0 amide bonds. The number of aromatic nitrogens is 1. The number of aliphatic hydroxyl groups is 1. The number of benzene rings is 1. The fourth-order valence-corrected chi connectivity index (χ4v) is 3.60. The van der Waals surface area contributed by atoms with Crippen molar-refractivity contribution in [2.45, 2.75) is 43.8 Å². The topological polar surface area (TPSA) is 36.4 Å². The van der Waals surface area contributed by atoms with Gasteiger partial charge in [-0.2, -0.15) is 26.3 Å². The molecule has 1 N–H and O–H groups in total. The summed E-state index contributed by atoms with van der Waals surface area (Å²) in [5, 5.41) is 10.7. The zero-order chi connectivity index (χ0) is 20.0. The molecule has 0 aliphatic carbocycles. The molecule has 1 fully saturated rings. The summed E-state index contributed by atoms with van der Waals surface area (Å²) in [5.41, 5.74) is -3.68. The summed E-state index contributed by atoms with van der Waals surface area (Å²) >= 11 is 0. The third-order valence-electron chi connectivity index (χ3n) is 4.98. The lowest BCUT2D eigenvalue weighted by Gasteiger charge is -2.36. The van der Waals surface area contributed by atoms with Crippen molar-refractivity contribution < 1.29 is 31.4 Å². The summed E-state index contributed by atoms with van der Waals surface area (Å²) in [7, 11) is 1.74. The van der Waals surface area contributed by atoms with Gasteiger partial charge in [-0.25, -0.2) is 4.98 Å². The van der Waals surface area contributed by atoms with Crippen molar-refractivity contribution in [2.24, 2.45) is 0 Å². The molecule has 2 atom stereocenters. The van der Waals surface area contributed by atoms with Gasteiger partial charge in [-0.15, -0.1) is 0 Å². The van der Waals surface area contributed by atoms with Gasteiger partial charge in [0.2, 0.25) is 0 Å². The Morgan fingerprint density at radius 1 is 1.11 bits per heavy atom. The maximum absolute atomic E-state index is 13.3. The van der Waals surface area contributed by atoms with Crippen LogP contribution in [-0.4, -0.2) is 34.6 Å². The fourth-order valence-electron chi connectivity index (χ4n) is 3.60. The van der Waals surface area contributed by atoms with E-state index in [1.54, 1.807) is 7.05 Å². The van der Waals surface area contributed by atoms with Crippen molar-refractivity contribution in [1.82, 2.24) is 9.88 Å². The van der Waals surface area contributed by atoms with E-state index in [0.29, 0.717) is 25.1 Å². The molecule has 0 saturated carbocycles. The average molecular weight is 392 g/mol. The summed E-state index contributed by atoms with van der Waals surface area (Å²) in [6.07, 6.45) is -8.93. The number of para-hydroxylation sites is 1. The Morgan fingerprint density at radius 3 is 2.41 bits per heavy atom. The van der Waals surface area contributed by atoms with E-state index in [1.165, 1.54) is 6.07 Å². The molecule has 2 heterocycles. The fraction of sp³-hybridized carbons (Fsp3) is 0.500. The van der Waals surface area contributed by atoms with Gasteiger partial charge in [-0.1, -0.05) is 18.6 Å². The van der Waals surface area contributed by atoms with Crippen LogP contribution in [0.5, 0.6) is 0 Å². The van der Waals surface area contributed by atoms with Crippen LogP contribution in [0.2, 0.25) is 0 Å². The van der Waals surface area contributed by atoms with Gasteiger partial charge in [0, 0.05) is 11.4 Å². The molecule has 9 heteroatoms. The van der Waals surface area contributed by atoms with Gasteiger partial charge in [0.15, 0.2) is 0 Å². The van der Waals surface area contributed by atoms with Crippen LogP contribution in [0.3, 0.4) is 0 Å². The van der Waals surface area contributed by atoms with E-state index in [9.17, 15) is 31.4 Å². The molecule has 148 valence electrons. The smallest absolute Gasteiger partial charge is 0.387 e. The van der Waals surface area contributed by atoms with Crippen molar-refractivity contribution in [3.8, 4) is 0 Å². The molecule has 3 nitrogen and oxygen atoms in total. The highest BCUT2D eigenvalue weighted by Gasteiger charge is 2.39. The molecule has 1 aromatic carbocycles. The Bertz CT molecular complexity index is 833. The van der Waals surface area contributed by atoms with Crippen LogP contribution in [0.25, 0.3) is 10.9 Å². The number of aliphatic hydroxyl groups excluding tert-OH is 1. The lowest BCUT2D eigenvalue weighted by molar-refractivity contribution is -0.142. The van der Waals surface area contributed by atoms with E-state index in [2.05, 4.69) is 4.98 Å². The van der Waals surface area contributed by atoms with Gasteiger partial charge in [-0.05, 0) is 44.1 Å². The Morgan fingerprint density at radius 2 is 1.81 bits per heavy atom. The van der Waals surface area contributed by atoms with Crippen LogP contribution in [0.1, 0.15) is 42.2 Å². The summed E-state index contributed by atoms with van der Waals surface area (Å²) < 4.78 is 79.7. The second kappa shape index (κ2) is 6.94. The van der Waals surface area contributed by atoms with Gasteiger partial charge < -0.3 is 10.0 Å². The maximum atomic E-state index is 13.3. The highest BCUT2D eigenvalue weighted by Crippen LogP contribution is 2.40. The first kappa shape index (κ1) is 19.9. The van der Waals surface area contributed by atoms with E-state index in [-0.39, 0.29) is 10.9 Å². The number of likely N-dealkylation sites (tertiary alicyclic amines) is 1. The summed E-state index contributed by atoms with van der Waals surface area (Å²) in [5.74, 6) is 0. The lowest BCUT2D eigenvalue weighted by atomic mass is 9.90. The third-order valence-corrected chi connectivity index (χ3v) is 4.98. The van der Waals surface area contributed by atoms with Gasteiger partial charge >= 0.3 is 12.4 Å². The average Bonchev–Trinajstić information content (AvgIpc) is 2.58. The number of hydrogen-bond acceptors (Lipinski definition) is 3. The molecule has 2 aromatic rings. The number of piperidine rings is 1. The normalized spacial score (nSPS) is 20.8. The van der Waals surface area contributed by atoms with Crippen molar-refractivity contribution in [3.63, 3.8) is 0 Å². The van der Waals surface area contributed by atoms with Crippen molar-refractivity contribution in [3.05, 3.63) is 41.1 Å². The number of nitrogens with zero attached hydrogens (tertiary/aromatic N) is 2. The van der Waals surface area contributed by atoms with E-state index in [0.717, 1.165) is 18.9 Å². The molecule has 1 aromatic heterocycles. The standard InChI is InChI=1S/C18H18F6N2O/c1-26-8-3-2-7-13(26)16(27)11-9-14(18(22,23)24)25-15-10(11)5-4-6-12(15)17(19,20)21/h4-6,9,13,16,27H,2-3,7-8H2,1H3/t13-,16?/m0/s1. The number of likely N-dealkylation sites (N-methyl/N-ethyl adjacent to an activating group) is 1. The molecule has 0 bridgehead atoms. The highest BCUT2D eigenvalue weighted by atomic mass is 19.4. The van der Waals surface area contributed by atoms with Crippen molar-refractivity contribution in [1.29, 1.82) is 0 Å². The first-order valence-electron chi connectivity index (χ1n) is 8.46. The minimum atomic E-state index is -4.93. The number of hydrogen-bond donors (Lipinski definition) is 1. The molecule has 1 aliphatic rings. The lowest BCUT2D eigenvalue weighted by Crippen LogP contribution is -2.40. The highest BCUT2D eigenvalue weighted by molar-refractivity contribution is 5.86. The van der Waals surface area contributed by atoms with Crippen molar-refractivity contribution in [2.75, 3.05) is 13.6 Å². The first-order chi connectivity index (χ1) is 12.5. The molecular formula is C18H18F6N2O. The molecule has 27 heavy (non-hydrogen) atoms. The number of pyridine rings is 1. The van der Waals surface area contributed by atoms with Crippen LogP contribution >= 0.6 is 0 Å². The van der Waals surface area contributed by atoms with E-state index < -0.39 is 41.3 Å². The second-order valence-electron chi connectivity index (χ2n) is 6.78. The van der Waals surface area contributed by atoms with Crippen LogP contribution in [0.4, 0.5) is 26.3 Å². The van der Waals surface area contributed by atoms with Crippen molar-refractivity contribution >= 4 is 10.9 Å². The van der Waals surface area contributed by atoms with E-state index in [4.69, 9.17) is 0 Å². The number of rotatable bonds is 2. The van der Waals surface area contributed by atoms with E-state index >= 15 is 0 Å². The Labute approximate surface area is 151 Å².